The second-order valence-electron chi connectivity index (χ2n) is 6.23. The van der Waals surface area contributed by atoms with E-state index >= 15 is 0 Å². The smallest absolute Gasteiger partial charge is 0.416 e. The standard InChI is InChI=1S/C20H20F3NO2/c1-13-18(26-16-6-4-15(5-7-16)20(21,22)23)9-8-17-14(3-2-11-24)10-12-25-19(13)17/h2,4-9,11,14H,3,10,12,24H2,1H3. The molecule has 0 saturated heterocycles. The van der Waals surface area contributed by atoms with E-state index < -0.39 is 11.7 Å². The Balaban J connectivity index is 1.84. The molecule has 2 aromatic rings. The van der Waals surface area contributed by atoms with Crippen LogP contribution < -0.4 is 15.2 Å². The lowest BCUT2D eigenvalue weighted by Crippen LogP contribution is -2.15. The van der Waals surface area contributed by atoms with Gasteiger partial charge in [0.15, 0.2) is 0 Å². The van der Waals surface area contributed by atoms with Crippen LogP contribution in [0, 0.1) is 6.92 Å². The van der Waals surface area contributed by atoms with Crippen LogP contribution in [0.3, 0.4) is 0 Å². The number of fused-ring (bicyclic) bond motifs is 1. The van der Waals surface area contributed by atoms with Crippen molar-refractivity contribution in [2.75, 3.05) is 6.61 Å². The van der Waals surface area contributed by atoms with Gasteiger partial charge in [0, 0.05) is 5.56 Å². The molecule has 2 aromatic carbocycles. The summed E-state index contributed by atoms with van der Waals surface area (Å²) in [7, 11) is 0. The van der Waals surface area contributed by atoms with Crippen molar-refractivity contribution in [2.24, 2.45) is 5.73 Å². The van der Waals surface area contributed by atoms with E-state index in [0.29, 0.717) is 24.0 Å². The first kappa shape index (κ1) is 18.2. The lowest BCUT2D eigenvalue weighted by molar-refractivity contribution is -0.137. The molecule has 0 saturated carbocycles. The highest BCUT2D eigenvalue weighted by Gasteiger charge is 2.30. The second-order valence-corrected chi connectivity index (χ2v) is 6.23. The predicted molar refractivity (Wildman–Crippen MR) is 93.5 cm³/mol. The Morgan fingerprint density at radius 2 is 1.92 bits per heavy atom. The molecule has 138 valence electrons. The van der Waals surface area contributed by atoms with Gasteiger partial charge in [-0.25, -0.2) is 0 Å². The Hall–Kier alpha value is -2.63. The molecule has 1 unspecified atom stereocenters. The molecule has 1 heterocycles. The molecule has 6 heteroatoms. The summed E-state index contributed by atoms with van der Waals surface area (Å²) in [5.41, 5.74) is 6.68. The first-order valence-corrected chi connectivity index (χ1v) is 8.38. The minimum atomic E-state index is -4.36. The Morgan fingerprint density at radius 3 is 2.58 bits per heavy atom. The highest BCUT2D eigenvalue weighted by molar-refractivity contribution is 5.53. The number of benzene rings is 2. The summed E-state index contributed by atoms with van der Waals surface area (Å²) in [6.45, 7) is 2.50. The monoisotopic (exact) mass is 363 g/mol. The number of alkyl halides is 3. The van der Waals surface area contributed by atoms with Crippen LogP contribution in [-0.4, -0.2) is 6.61 Å². The van der Waals surface area contributed by atoms with Gasteiger partial charge in [-0.3, -0.25) is 0 Å². The van der Waals surface area contributed by atoms with Crippen molar-refractivity contribution < 1.29 is 22.6 Å². The maximum absolute atomic E-state index is 12.7. The quantitative estimate of drug-likeness (QED) is 0.776. The van der Waals surface area contributed by atoms with E-state index in [1.165, 1.54) is 12.1 Å². The van der Waals surface area contributed by atoms with Crippen molar-refractivity contribution >= 4 is 0 Å². The summed E-state index contributed by atoms with van der Waals surface area (Å²) in [4.78, 5) is 0. The van der Waals surface area contributed by atoms with Crippen LogP contribution in [0.2, 0.25) is 0 Å². The zero-order valence-electron chi connectivity index (χ0n) is 14.3. The minimum absolute atomic E-state index is 0.331. The third kappa shape index (κ3) is 3.79. The van der Waals surface area contributed by atoms with Gasteiger partial charge in [-0.1, -0.05) is 12.1 Å². The summed E-state index contributed by atoms with van der Waals surface area (Å²) in [5.74, 6) is 2.03. The molecule has 1 atom stereocenters. The first-order valence-electron chi connectivity index (χ1n) is 8.38. The fourth-order valence-corrected chi connectivity index (χ4v) is 3.10. The lowest BCUT2D eigenvalue weighted by atomic mass is 9.88. The molecule has 2 N–H and O–H groups in total. The van der Waals surface area contributed by atoms with Gasteiger partial charge < -0.3 is 15.2 Å². The van der Waals surface area contributed by atoms with Crippen molar-refractivity contribution in [2.45, 2.75) is 31.9 Å². The summed E-state index contributed by atoms with van der Waals surface area (Å²) < 4.78 is 49.6. The first-order chi connectivity index (χ1) is 12.4. The van der Waals surface area contributed by atoms with E-state index in [4.69, 9.17) is 15.2 Å². The van der Waals surface area contributed by atoms with Crippen LogP contribution in [0.1, 0.15) is 35.4 Å². The van der Waals surface area contributed by atoms with Crippen molar-refractivity contribution in [1.29, 1.82) is 0 Å². The number of hydrogen-bond donors (Lipinski definition) is 1. The molecule has 0 spiro atoms. The second kappa shape index (κ2) is 7.32. The average molecular weight is 363 g/mol. The van der Waals surface area contributed by atoms with Crippen molar-refractivity contribution in [1.82, 2.24) is 0 Å². The van der Waals surface area contributed by atoms with Crippen LogP contribution >= 0.6 is 0 Å². The van der Waals surface area contributed by atoms with Crippen LogP contribution in [0.15, 0.2) is 48.7 Å². The number of rotatable bonds is 4. The maximum Gasteiger partial charge on any atom is 0.416 e. The molecule has 0 aliphatic carbocycles. The van der Waals surface area contributed by atoms with Gasteiger partial charge in [0.25, 0.3) is 0 Å². The summed E-state index contributed by atoms with van der Waals surface area (Å²) in [6.07, 6.45) is 0.869. The highest BCUT2D eigenvalue weighted by atomic mass is 19.4. The van der Waals surface area contributed by atoms with Gasteiger partial charge in [0.05, 0.1) is 12.2 Å². The Bertz CT molecular complexity index is 798. The molecule has 0 aromatic heterocycles. The Morgan fingerprint density at radius 1 is 1.19 bits per heavy atom. The normalized spacial score (nSPS) is 17.0. The van der Waals surface area contributed by atoms with E-state index in [1.54, 1.807) is 6.20 Å². The summed E-state index contributed by atoms with van der Waals surface area (Å²) in [6, 6.07) is 8.44. The minimum Gasteiger partial charge on any atom is -0.493 e. The van der Waals surface area contributed by atoms with Crippen LogP contribution in [-0.2, 0) is 6.18 Å². The van der Waals surface area contributed by atoms with Crippen molar-refractivity contribution in [3.05, 3.63) is 65.4 Å². The van der Waals surface area contributed by atoms with E-state index in [1.807, 2.05) is 25.1 Å². The van der Waals surface area contributed by atoms with Crippen molar-refractivity contribution in [3.63, 3.8) is 0 Å². The molecule has 1 aliphatic heterocycles. The van der Waals surface area contributed by atoms with E-state index in [9.17, 15) is 13.2 Å². The van der Waals surface area contributed by atoms with Crippen LogP contribution in [0.4, 0.5) is 13.2 Å². The Labute approximate surface area is 150 Å². The zero-order chi connectivity index (χ0) is 18.7. The maximum atomic E-state index is 12.7. The number of hydrogen-bond acceptors (Lipinski definition) is 3. The SMILES string of the molecule is Cc1c(Oc2ccc(C(F)(F)F)cc2)ccc2c1OCCC2CC=CN. The van der Waals surface area contributed by atoms with Gasteiger partial charge in [0.1, 0.15) is 17.2 Å². The van der Waals surface area contributed by atoms with Crippen LogP contribution in [0.25, 0.3) is 0 Å². The molecular weight excluding hydrogens is 343 g/mol. The number of allylic oxidation sites excluding steroid dienone is 1. The molecule has 3 nitrogen and oxygen atoms in total. The fourth-order valence-electron chi connectivity index (χ4n) is 3.10. The molecule has 3 rings (SSSR count). The molecule has 0 fully saturated rings. The van der Waals surface area contributed by atoms with Gasteiger partial charge in [-0.15, -0.1) is 0 Å². The van der Waals surface area contributed by atoms with Crippen LogP contribution in [0.5, 0.6) is 17.2 Å². The molecule has 0 radical (unpaired) electrons. The molecule has 26 heavy (non-hydrogen) atoms. The summed E-state index contributed by atoms with van der Waals surface area (Å²) >= 11 is 0. The zero-order valence-corrected chi connectivity index (χ0v) is 14.3. The third-order valence-corrected chi connectivity index (χ3v) is 4.51. The van der Waals surface area contributed by atoms with Gasteiger partial charge in [-0.2, -0.15) is 13.2 Å². The number of ether oxygens (including phenoxy) is 2. The molecule has 1 aliphatic rings. The molecule has 0 bridgehead atoms. The van der Waals surface area contributed by atoms with Gasteiger partial charge in [-0.05, 0) is 67.8 Å². The van der Waals surface area contributed by atoms with E-state index in [0.717, 1.165) is 41.9 Å². The van der Waals surface area contributed by atoms with E-state index in [2.05, 4.69) is 0 Å². The molecular formula is C20H20F3NO2. The molecule has 0 amide bonds. The van der Waals surface area contributed by atoms with E-state index in [-0.39, 0.29) is 0 Å². The predicted octanol–water partition coefficient (Wildman–Crippen LogP) is 5.53. The van der Waals surface area contributed by atoms with Gasteiger partial charge >= 0.3 is 6.18 Å². The largest absolute Gasteiger partial charge is 0.493 e. The number of nitrogens with two attached hydrogens (primary N) is 1. The fraction of sp³-hybridized carbons (Fsp3) is 0.300. The number of halogens is 3. The topological polar surface area (TPSA) is 44.5 Å². The van der Waals surface area contributed by atoms with Crippen molar-refractivity contribution in [3.8, 4) is 17.2 Å². The summed E-state index contributed by atoms with van der Waals surface area (Å²) in [5, 5.41) is 0. The van der Waals surface area contributed by atoms with Gasteiger partial charge in [0.2, 0.25) is 0 Å². The lowest BCUT2D eigenvalue weighted by Gasteiger charge is -2.27. The Kier molecular flexibility index (Phi) is 5.11. The average Bonchev–Trinajstić information content (AvgIpc) is 2.62. The third-order valence-electron chi connectivity index (χ3n) is 4.51. The highest BCUT2D eigenvalue weighted by Crippen LogP contribution is 2.42.